The van der Waals surface area contributed by atoms with Gasteiger partial charge in [0.05, 0.1) is 18.8 Å². The van der Waals surface area contributed by atoms with Gasteiger partial charge >= 0.3 is 6.11 Å². The largest absolute Gasteiger partial charge is 0.429 e. The summed E-state index contributed by atoms with van der Waals surface area (Å²) in [6, 6.07) is 18.0. The van der Waals surface area contributed by atoms with E-state index >= 15 is 0 Å². The van der Waals surface area contributed by atoms with E-state index in [9.17, 15) is 13.2 Å². The van der Waals surface area contributed by atoms with Crippen molar-refractivity contribution in [3.63, 3.8) is 0 Å². The Bertz CT molecular complexity index is 1070. The summed E-state index contributed by atoms with van der Waals surface area (Å²) in [6.45, 7) is 3.15. The van der Waals surface area contributed by atoms with E-state index in [0.29, 0.717) is 24.7 Å². The molecule has 1 aliphatic rings. The maximum Gasteiger partial charge on any atom is 0.426 e. The monoisotopic (exact) mass is 468 g/mol. The lowest BCUT2D eigenvalue weighted by Gasteiger charge is -2.29. The summed E-state index contributed by atoms with van der Waals surface area (Å²) in [7, 11) is 0. The van der Waals surface area contributed by atoms with Gasteiger partial charge in [0.25, 0.3) is 0 Å². The molecule has 4 rings (SSSR count). The normalized spacial score (nSPS) is 18.8. The molecule has 0 unspecified atom stereocenters. The molecular formula is C28H27F3O3. The highest BCUT2D eigenvalue weighted by Gasteiger charge is 2.35. The van der Waals surface area contributed by atoms with Crippen LogP contribution < -0.4 is 4.74 Å². The predicted molar refractivity (Wildman–Crippen MR) is 125 cm³/mol. The first-order chi connectivity index (χ1) is 16.4. The maximum absolute atomic E-state index is 14.8. The summed E-state index contributed by atoms with van der Waals surface area (Å²) >= 11 is 0. The molecule has 6 heteroatoms. The van der Waals surface area contributed by atoms with Crippen molar-refractivity contribution in [2.24, 2.45) is 5.92 Å². The molecule has 3 nitrogen and oxygen atoms in total. The van der Waals surface area contributed by atoms with Crippen LogP contribution >= 0.6 is 0 Å². The quantitative estimate of drug-likeness (QED) is 0.318. The average molecular weight is 469 g/mol. The highest BCUT2D eigenvalue weighted by molar-refractivity contribution is 5.64. The van der Waals surface area contributed by atoms with Gasteiger partial charge in [0.2, 0.25) is 0 Å². The van der Waals surface area contributed by atoms with Gasteiger partial charge in [0.15, 0.2) is 6.29 Å². The molecule has 178 valence electrons. The lowest BCUT2D eigenvalue weighted by atomic mass is 10.0. The second-order valence-electron chi connectivity index (χ2n) is 8.28. The third-order valence-electron chi connectivity index (χ3n) is 5.74. The summed E-state index contributed by atoms with van der Waals surface area (Å²) in [5.74, 6) is 0.0296. The minimum atomic E-state index is -3.51. The smallest absolute Gasteiger partial charge is 0.426 e. The van der Waals surface area contributed by atoms with Gasteiger partial charge in [0.1, 0.15) is 11.6 Å². The fourth-order valence-corrected chi connectivity index (χ4v) is 3.80. The molecule has 0 amide bonds. The summed E-state index contributed by atoms with van der Waals surface area (Å²) in [5.41, 5.74) is 1.98. The first kappa shape index (κ1) is 24.0. The standard InChI is InChI=1S/C28H27F3O3/c1-2-3-4-5-20-18-32-27(33-19-20)23-6-12-24(13-7-23)28(30,31)34-26-16-10-22(11-17-26)21-8-14-25(29)15-9-21/h2-3,6-17,20,27H,4-5,18-19H2,1H3/b3-2+. The molecule has 1 aliphatic heterocycles. The van der Waals surface area contributed by atoms with Gasteiger partial charge in [0, 0.05) is 11.5 Å². The minimum absolute atomic E-state index is 0.0304. The summed E-state index contributed by atoms with van der Waals surface area (Å²) in [4.78, 5) is 0. The van der Waals surface area contributed by atoms with E-state index in [4.69, 9.17) is 14.2 Å². The van der Waals surface area contributed by atoms with Crippen molar-refractivity contribution in [2.75, 3.05) is 13.2 Å². The van der Waals surface area contributed by atoms with Crippen molar-refractivity contribution in [3.8, 4) is 16.9 Å². The van der Waals surface area contributed by atoms with Gasteiger partial charge in [-0.05, 0) is 67.3 Å². The van der Waals surface area contributed by atoms with E-state index in [0.717, 1.165) is 24.0 Å². The van der Waals surface area contributed by atoms with Crippen LogP contribution in [-0.4, -0.2) is 13.2 Å². The Morgan fingerprint density at radius 3 is 2.06 bits per heavy atom. The molecular weight excluding hydrogens is 441 g/mol. The van der Waals surface area contributed by atoms with E-state index in [1.54, 1.807) is 36.4 Å². The fraction of sp³-hybridized carbons (Fsp3) is 0.286. The molecule has 0 bridgehead atoms. The third-order valence-corrected chi connectivity index (χ3v) is 5.74. The molecule has 1 saturated heterocycles. The average Bonchev–Trinajstić information content (AvgIpc) is 2.86. The number of hydrogen-bond acceptors (Lipinski definition) is 3. The predicted octanol–water partition coefficient (Wildman–Crippen LogP) is 7.64. The highest BCUT2D eigenvalue weighted by atomic mass is 19.3. The van der Waals surface area contributed by atoms with Crippen molar-refractivity contribution < 1.29 is 27.4 Å². The third kappa shape index (κ3) is 6.07. The number of ether oxygens (including phenoxy) is 3. The first-order valence-electron chi connectivity index (χ1n) is 11.3. The number of allylic oxidation sites excluding steroid dienone is 2. The maximum atomic E-state index is 14.8. The van der Waals surface area contributed by atoms with Crippen molar-refractivity contribution in [3.05, 3.63) is 102 Å². The van der Waals surface area contributed by atoms with Gasteiger partial charge in [-0.3, -0.25) is 0 Å². The second-order valence-corrected chi connectivity index (χ2v) is 8.28. The Balaban J connectivity index is 1.35. The van der Waals surface area contributed by atoms with E-state index in [-0.39, 0.29) is 17.1 Å². The van der Waals surface area contributed by atoms with Crippen molar-refractivity contribution >= 4 is 0 Å². The molecule has 3 aromatic rings. The first-order valence-corrected chi connectivity index (χ1v) is 11.3. The van der Waals surface area contributed by atoms with Crippen LogP contribution in [0.5, 0.6) is 5.75 Å². The molecule has 0 atom stereocenters. The topological polar surface area (TPSA) is 27.7 Å². The molecule has 0 spiro atoms. The molecule has 34 heavy (non-hydrogen) atoms. The fourth-order valence-electron chi connectivity index (χ4n) is 3.80. The molecule has 0 N–H and O–H groups in total. The van der Waals surface area contributed by atoms with Crippen molar-refractivity contribution in [1.82, 2.24) is 0 Å². The molecule has 0 aliphatic carbocycles. The van der Waals surface area contributed by atoms with E-state index in [2.05, 4.69) is 6.08 Å². The van der Waals surface area contributed by atoms with Gasteiger partial charge < -0.3 is 14.2 Å². The zero-order valence-corrected chi connectivity index (χ0v) is 18.9. The van der Waals surface area contributed by atoms with Gasteiger partial charge in [-0.1, -0.05) is 48.6 Å². The summed E-state index contributed by atoms with van der Waals surface area (Å²) in [6.07, 6.45) is 2.05. The van der Waals surface area contributed by atoms with Crippen LogP contribution in [0.15, 0.2) is 84.9 Å². The molecule has 0 saturated carbocycles. The highest BCUT2D eigenvalue weighted by Crippen LogP contribution is 2.34. The van der Waals surface area contributed by atoms with Crippen LogP contribution in [0.1, 0.15) is 37.2 Å². The Labute approximate surface area is 197 Å². The Hall–Kier alpha value is -3.09. The molecule has 0 aromatic heterocycles. The summed E-state index contributed by atoms with van der Waals surface area (Å²) < 4.78 is 59.2. The number of alkyl halides is 2. The SMILES string of the molecule is C/C=C/CCC1COC(c2ccc(C(F)(F)Oc3ccc(-c4ccc(F)cc4)cc3)cc2)OC1. The Morgan fingerprint density at radius 1 is 0.882 bits per heavy atom. The van der Waals surface area contributed by atoms with Gasteiger partial charge in [-0.2, -0.15) is 8.78 Å². The lowest BCUT2D eigenvalue weighted by Crippen LogP contribution is -2.27. The Kier molecular flexibility index (Phi) is 7.70. The van der Waals surface area contributed by atoms with E-state index < -0.39 is 12.4 Å². The molecule has 0 radical (unpaired) electrons. The van der Waals surface area contributed by atoms with E-state index in [1.165, 1.54) is 36.4 Å². The van der Waals surface area contributed by atoms with Crippen LogP contribution in [0, 0.1) is 11.7 Å². The van der Waals surface area contributed by atoms with Crippen LogP contribution in [-0.2, 0) is 15.6 Å². The van der Waals surface area contributed by atoms with Crippen molar-refractivity contribution in [1.29, 1.82) is 0 Å². The molecule has 1 fully saturated rings. The second kappa shape index (κ2) is 10.9. The lowest BCUT2D eigenvalue weighted by molar-refractivity contribution is -0.206. The summed E-state index contributed by atoms with van der Waals surface area (Å²) in [5, 5.41) is 0. The van der Waals surface area contributed by atoms with E-state index in [1.807, 2.05) is 13.0 Å². The number of hydrogen-bond donors (Lipinski definition) is 0. The number of benzene rings is 3. The van der Waals surface area contributed by atoms with Gasteiger partial charge in [-0.15, -0.1) is 0 Å². The Morgan fingerprint density at radius 2 is 1.47 bits per heavy atom. The van der Waals surface area contributed by atoms with Crippen molar-refractivity contribution in [2.45, 2.75) is 32.2 Å². The van der Waals surface area contributed by atoms with Gasteiger partial charge in [-0.25, -0.2) is 4.39 Å². The zero-order valence-electron chi connectivity index (χ0n) is 18.9. The number of rotatable bonds is 8. The minimum Gasteiger partial charge on any atom is -0.429 e. The molecule has 3 aromatic carbocycles. The van der Waals surface area contributed by atoms with Crippen LogP contribution in [0.2, 0.25) is 0 Å². The van der Waals surface area contributed by atoms with Crippen LogP contribution in [0.25, 0.3) is 11.1 Å². The molecule has 1 heterocycles. The zero-order chi connectivity index (χ0) is 24.0. The number of halogens is 3. The van der Waals surface area contributed by atoms with Crippen LogP contribution in [0.3, 0.4) is 0 Å². The van der Waals surface area contributed by atoms with Crippen LogP contribution in [0.4, 0.5) is 13.2 Å².